The molecule has 0 saturated heterocycles. The van der Waals surface area contributed by atoms with Gasteiger partial charge in [0.1, 0.15) is 6.33 Å². The van der Waals surface area contributed by atoms with Gasteiger partial charge in [-0.05, 0) is 12.0 Å². The number of anilines is 1. The minimum atomic E-state index is 0.219. The molecule has 3 aromatic rings. The molecule has 0 fully saturated rings. The van der Waals surface area contributed by atoms with Gasteiger partial charge in [-0.1, -0.05) is 37.3 Å². The highest BCUT2D eigenvalue weighted by atomic mass is 15.2. The van der Waals surface area contributed by atoms with Gasteiger partial charge >= 0.3 is 0 Å². The first-order valence-electron chi connectivity index (χ1n) is 6.34. The molecule has 1 N–H and O–H groups in total. The maximum absolute atomic E-state index is 4.36. The molecule has 1 unspecified atom stereocenters. The van der Waals surface area contributed by atoms with E-state index in [1.807, 2.05) is 28.8 Å². The Labute approximate surface area is 111 Å². The Balaban J connectivity index is 1.93. The van der Waals surface area contributed by atoms with Crippen molar-refractivity contribution in [2.45, 2.75) is 19.4 Å². The average Bonchev–Trinajstić information content (AvgIpc) is 2.95. The molecule has 96 valence electrons. The van der Waals surface area contributed by atoms with Crippen molar-refractivity contribution >= 4 is 11.5 Å². The van der Waals surface area contributed by atoms with Crippen LogP contribution < -0.4 is 5.32 Å². The van der Waals surface area contributed by atoms with Crippen molar-refractivity contribution in [2.75, 3.05) is 5.32 Å². The van der Waals surface area contributed by atoms with Crippen LogP contribution in [0.2, 0.25) is 0 Å². The van der Waals surface area contributed by atoms with Crippen LogP contribution >= 0.6 is 0 Å². The normalized spacial score (nSPS) is 12.5. The van der Waals surface area contributed by atoms with Gasteiger partial charge in [0, 0.05) is 12.4 Å². The second-order valence-corrected chi connectivity index (χ2v) is 4.35. The van der Waals surface area contributed by atoms with E-state index in [0.29, 0.717) is 0 Å². The van der Waals surface area contributed by atoms with E-state index in [9.17, 15) is 0 Å². The van der Waals surface area contributed by atoms with E-state index >= 15 is 0 Å². The first-order valence-corrected chi connectivity index (χ1v) is 6.34. The fourth-order valence-electron chi connectivity index (χ4n) is 2.13. The van der Waals surface area contributed by atoms with E-state index in [4.69, 9.17) is 0 Å². The number of hydrogen-bond acceptors (Lipinski definition) is 4. The number of nitrogens with one attached hydrogen (secondary N) is 1. The van der Waals surface area contributed by atoms with Crippen molar-refractivity contribution in [1.29, 1.82) is 0 Å². The molecule has 0 aliphatic rings. The molecular weight excluding hydrogens is 238 g/mol. The van der Waals surface area contributed by atoms with Crippen LogP contribution in [0, 0.1) is 0 Å². The van der Waals surface area contributed by atoms with Crippen LogP contribution in [0.25, 0.3) is 5.65 Å². The van der Waals surface area contributed by atoms with Crippen LogP contribution in [0.3, 0.4) is 0 Å². The summed E-state index contributed by atoms with van der Waals surface area (Å²) in [6.07, 6.45) is 6.23. The first kappa shape index (κ1) is 11.6. The average molecular weight is 253 g/mol. The van der Waals surface area contributed by atoms with Crippen LogP contribution in [0.4, 0.5) is 5.82 Å². The summed E-state index contributed by atoms with van der Waals surface area (Å²) in [7, 11) is 0. The van der Waals surface area contributed by atoms with Gasteiger partial charge in [-0.3, -0.25) is 4.40 Å². The molecule has 5 heteroatoms. The molecule has 3 rings (SSSR count). The predicted octanol–water partition coefficient (Wildman–Crippen LogP) is 2.69. The number of nitrogens with zero attached hydrogens (tertiary/aromatic N) is 4. The third-order valence-corrected chi connectivity index (χ3v) is 3.14. The zero-order chi connectivity index (χ0) is 13.1. The van der Waals surface area contributed by atoms with Gasteiger partial charge in [-0.15, -0.1) is 10.2 Å². The van der Waals surface area contributed by atoms with Gasteiger partial charge in [0.15, 0.2) is 5.82 Å². The quantitative estimate of drug-likeness (QED) is 0.776. The second kappa shape index (κ2) is 5.06. The minimum Gasteiger partial charge on any atom is -0.360 e. The third kappa shape index (κ3) is 2.27. The molecule has 2 heterocycles. The van der Waals surface area contributed by atoms with Gasteiger partial charge in [0.2, 0.25) is 5.65 Å². The molecular formula is C14H15N5. The van der Waals surface area contributed by atoms with Gasteiger partial charge in [0.05, 0.1) is 6.04 Å². The van der Waals surface area contributed by atoms with E-state index in [-0.39, 0.29) is 6.04 Å². The summed E-state index contributed by atoms with van der Waals surface area (Å²) in [6, 6.07) is 10.6. The molecule has 19 heavy (non-hydrogen) atoms. The lowest BCUT2D eigenvalue weighted by molar-refractivity contribution is 0.744. The molecule has 0 aliphatic heterocycles. The van der Waals surface area contributed by atoms with Gasteiger partial charge in [0.25, 0.3) is 0 Å². The molecule has 1 atom stereocenters. The number of hydrogen-bond donors (Lipinski definition) is 1. The second-order valence-electron chi connectivity index (χ2n) is 4.35. The SMILES string of the molecule is CCC(Nc1nccn2cnnc12)c1ccccc1. The Morgan fingerprint density at radius 1 is 1.26 bits per heavy atom. The number of benzene rings is 1. The molecule has 0 radical (unpaired) electrons. The summed E-state index contributed by atoms with van der Waals surface area (Å²) >= 11 is 0. The monoisotopic (exact) mass is 253 g/mol. The highest BCUT2D eigenvalue weighted by Gasteiger charge is 2.12. The summed E-state index contributed by atoms with van der Waals surface area (Å²) in [5, 5.41) is 11.4. The summed E-state index contributed by atoms with van der Waals surface area (Å²) < 4.78 is 1.85. The lowest BCUT2D eigenvalue weighted by atomic mass is 10.0. The van der Waals surface area contributed by atoms with Crippen LogP contribution in [0.15, 0.2) is 49.1 Å². The molecule has 0 aliphatic carbocycles. The largest absolute Gasteiger partial charge is 0.360 e. The summed E-state index contributed by atoms with van der Waals surface area (Å²) in [5.41, 5.74) is 1.99. The van der Waals surface area contributed by atoms with Crippen molar-refractivity contribution in [3.8, 4) is 0 Å². The maximum Gasteiger partial charge on any atom is 0.203 e. The number of aromatic nitrogens is 4. The summed E-state index contributed by atoms with van der Waals surface area (Å²) in [4.78, 5) is 4.36. The van der Waals surface area contributed by atoms with Crippen molar-refractivity contribution in [3.05, 3.63) is 54.6 Å². The highest BCUT2D eigenvalue weighted by molar-refractivity contribution is 5.62. The highest BCUT2D eigenvalue weighted by Crippen LogP contribution is 2.22. The Bertz CT molecular complexity index is 662. The van der Waals surface area contributed by atoms with Crippen LogP contribution in [-0.2, 0) is 0 Å². The van der Waals surface area contributed by atoms with Gasteiger partial charge < -0.3 is 5.32 Å². The summed E-state index contributed by atoms with van der Waals surface area (Å²) in [5.74, 6) is 0.760. The molecule has 1 aromatic carbocycles. The molecule has 0 saturated carbocycles. The van der Waals surface area contributed by atoms with E-state index in [1.54, 1.807) is 12.5 Å². The smallest absolute Gasteiger partial charge is 0.203 e. The molecule has 0 spiro atoms. The minimum absolute atomic E-state index is 0.219. The van der Waals surface area contributed by atoms with Crippen molar-refractivity contribution in [1.82, 2.24) is 19.6 Å². The third-order valence-electron chi connectivity index (χ3n) is 3.14. The van der Waals surface area contributed by atoms with E-state index in [2.05, 4.69) is 39.6 Å². The van der Waals surface area contributed by atoms with Crippen LogP contribution in [-0.4, -0.2) is 19.6 Å². The lowest BCUT2D eigenvalue weighted by Gasteiger charge is -2.18. The standard InChI is InChI=1S/C14H15N5/c1-2-12(11-6-4-3-5-7-11)17-13-14-18-16-10-19(14)9-8-15-13/h3-10,12H,2H2,1H3,(H,15,17). The van der Waals surface area contributed by atoms with E-state index in [1.165, 1.54) is 5.56 Å². The predicted molar refractivity (Wildman–Crippen MR) is 73.9 cm³/mol. The fraction of sp³-hybridized carbons (Fsp3) is 0.214. The first-order chi connectivity index (χ1) is 9.38. The van der Waals surface area contributed by atoms with Crippen LogP contribution in [0.5, 0.6) is 0 Å². The Hall–Kier alpha value is -2.43. The van der Waals surface area contributed by atoms with Gasteiger partial charge in [-0.25, -0.2) is 4.98 Å². The van der Waals surface area contributed by atoms with Crippen molar-refractivity contribution < 1.29 is 0 Å². The topological polar surface area (TPSA) is 55.1 Å². The van der Waals surface area contributed by atoms with E-state index in [0.717, 1.165) is 17.9 Å². The Kier molecular flexibility index (Phi) is 3.10. The molecule has 0 bridgehead atoms. The fourth-order valence-corrected chi connectivity index (χ4v) is 2.13. The van der Waals surface area contributed by atoms with Crippen molar-refractivity contribution in [2.24, 2.45) is 0 Å². The molecule has 2 aromatic heterocycles. The van der Waals surface area contributed by atoms with E-state index < -0.39 is 0 Å². The zero-order valence-electron chi connectivity index (χ0n) is 10.7. The lowest BCUT2D eigenvalue weighted by Crippen LogP contribution is -2.11. The zero-order valence-corrected chi connectivity index (χ0v) is 10.7. The number of fused-ring (bicyclic) bond motifs is 1. The van der Waals surface area contributed by atoms with Crippen molar-refractivity contribution in [3.63, 3.8) is 0 Å². The van der Waals surface area contributed by atoms with Crippen LogP contribution in [0.1, 0.15) is 24.9 Å². The Morgan fingerprint density at radius 2 is 2.11 bits per heavy atom. The Morgan fingerprint density at radius 3 is 2.89 bits per heavy atom. The molecule has 0 amide bonds. The maximum atomic E-state index is 4.36. The van der Waals surface area contributed by atoms with Gasteiger partial charge in [-0.2, -0.15) is 0 Å². The molecule has 5 nitrogen and oxygen atoms in total. The summed E-state index contributed by atoms with van der Waals surface area (Å²) in [6.45, 7) is 2.15. The number of rotatable bonds is 4.